The van der Waals surface area contributed by atoms with Crippen LogP contribution in [0.3, 0.4) is 0 Å². The summed E-state index contributed by atoms with van der Waals surface area (Å²) in [6.07, 6.45) is 1.32. The van der Waals surface area contributed by atoms with E-state index in [0.29, 0.717) is 22.8 Å². The van der Waals surface area contributed by atoms with Crippen LogP contribution in [0, 0.1) is 12.8 Å². The van der Waals surface area contributed by atoms with Gasteiger partial charge < -0.3 is 10.2 Å². The zero-order valence-corrected chi connectivity index (χ0v) is 24.4. The lowest BCUT2D eigenvalue weighted by Gasteiger charge is -2.34. The monoisotopic (exact) mass is 569 g/mol. The molecule has 39 heavy (non-hydrogen) atoms. The van der Waals surface area contributed by atoms with Crippen molar-refractivity contribution in [3.8, 4) is 0 Å². The molecule has 0 aliphatic heterocycles. The first kappa shape index (κ1) is 30.2. The smallest absolute Gasteiger partial charge is 0.244 e. The maximum absolute atomic E-state index is 14.0. The molecule has 1 atom stereocenters. The summed E-state index contributed by atoms with van der Waals surface area (Å²) in [5.41, 5.74) is 2.77. The van der Waals surface area contributed by atoms with Crippen molar-refractivity contribution in [1.29, 1.82) is 0 Å². The summed E-state index contributed by atoms with van der Waals surface area (Å²) in [5.74, 6) is -0.613. The van der Waals surface area contributed by atoms with Crippen LogP contribution in [0.15, 0.2) is 78.9 Å². The molecule has 0 spiro atoms. The van der Waals surface area contributed by atoms with Gasteiger partial charge in [0.05, 0.1) is 11.9 Å². The van der Waals surface area contributed by atoms with Crippen molar-refractivity contribution in [2.45, 2.75) is 39.8 Å². The summed E-state index contributed by atoms with van der Waals surface area (Å²) in [6.45, 7) is 5.85. The number of anilines is 1. The van der Waals surface area contributed by atoms with Crippen molar-refractivity contribution >= 4 is 39.1 Å². The van der Waals surface area contributed by atoms with Gasteiger partial charge in [-0.3, -0.25) is 13.9 Å². The quantitative estimate of drug-likeness (QED) is 0.338. The van der Waals surface area contributed by atoms with Gasteiger partial charge in [-0.25, -0.2) is 8.42 Å². The van der Waals surface area contributed by atoms with Crippen LogP contribution in [0.2, 0.25) is 5.02 Å². The topological polar surface area (TPSA) is 86.8 Å². The van der Waals surface area contributed by atoms with E-state index in [2.05, 4.69) is 5.32 Å². The van der Waals surface area contributed by atoms with Crippen LogP contribution < -0.4 is 9.62 Å². The van der Waals surface area contributed by atoms with Crippen LogP contribution in [-0.4, -0.2) is 50.5 Å². The number of sulfonamides is 1. The van der Waals surface area contributed by atoms with Crippen molar-refractivity contribution in [2.24, 2.45) is 5.92 Å². The Hall–Kier alpha value is -3.36. The second kappa shape index (κ2) is 13.6. The molecular formula is C30H36ClN3O4S. The predicted octanol–water partition coefficient (Wildman–Crippen LogP) is 4.83. The molecule has 3 rings (SSSR count). The molecule has 7 nitrogen and oxygen atoms in total. The van der Waals surface area contributed by atoms with Crippen LogP contribution >= 0.6 is 11.6 Å². The number of hydrogen-bond acceptors (Lipinski definition) is 4. The number of nitrogens with one attached hydrogen (secondary N) is 1. The fourth-order valence-corrected chi connectivity index (χ4v) is 5.22. The minimum atomic E-state index is -3.81. The average molecular weight is 570 g/mol. The molecule has 0 aliphatic rings. The molecule has 0 bridgehead atoms. The number of halogens is 1. The number of aryl methyl sites for hydroxylation is 1. The minimum absolute atomic E-state index is 0.0382. The summed E-state index contributed by atoms with van der Waals surface area (Å²) >= 11 is 6.47. The van der Waals surface area contributed by atoms with Gasteiger partial charge in [0, 0.05) is 24.5 Å². The van der Waals surface area contributed by atoms with E-state index >= 15 is 0 Å². The fraction of sp³-hybridized carbons (Fsp3) is 0.333. The van der Waals surface area contributed by atoms with E-state index in [-0.39, 0.29) is 24.8 Å². The standard InChI is InChI=1S/C30H36ClN3O4S/c1-22(2)19-32-30(36)28(18-24-12-6-5-7-13-24)33(20-25-14-8-9-16-27(25)31)29(35)21-34(39(4,37)38)26-15-10-11-23(3)17-26/h5-17,22,28H,18-21H2,1-4H3,(H,32,36)/t28-/m0/s1. The molecule has 0 fully saturated rings. The molecule has 0 aromatic heterocycles. The van der Waals surface area contributed by atoms with Gasteiger partial charge in [0.15, 0.2) is 0 Å². The van der Waals surface area contributed by atoms with E-state index in [1.54, 1.807) is 36.4 Å². The highest BCUT2D eigenvalue weighted by Gasteiger charge is 2.33. The maximum Gasteiger partial charge on any atom is 0.244 e. The molecule has 0 saturated heterocycles. The van der Waals surface area contributed by atoms with Gasteiger partial charge in [-0.2, -0.15) is 0 Å². The van der Waals surface area contributed by atoms with E-state index in [9.17, 15) is 18.0 Å². The van der Waals surface area contributed by atoms with E-state index < -0.39 is 28.5 Å². The molecule has 2 amide bonds. The molecule has 3 aromatic carbocycles. The minimum Gasteiger partial charge on any atom is -0.354 e. The highest BCUT2D eigenvalue weighted by Crippen LogP contribution is 2.23. The maximum atomic E-state index is 14.0. The van der Waals surface area contributed by atoms with Crippen molar-refractivity contribution in [3.63, 3.8) is 0 Å². The number of hydrogen-bond donors (Lipinski definition) is 1. The Kier molecular flexibility index (Phi) is 10.5. The first-order valence-electron chi connectivity index (χ1n) is 12.8. The van der Waals surface area contributed by atoms with Gasteiger partial charge in [-0.15, -0.1) is 0 Å². The van der Waals surface area contributed by atoms with Crippen LogP contribution in [-0.2, 0) is 32.6 Å². The van der Waals surface area contributed by atoms with Crippen LogP contribution in [0.25, 0.3) is 0 Å². The number of nitrogens with zero attached hydrogens (tertiary/aromatic N) is 2. The van der Waals surface area contributed by atoms with E-state index in [1.165, 1.54) is 4.90 Å². The Bertz CT molecular complexity index is 1380. The average Bonchev–Trinajstić information content (AvgIpc) is 2.88. The Morgan fingerprint density at radius 2 is 1.62 bits per heavy atom. The zero-order chi connectivity index (χ0) is 28.6. The van der Waals surface area contributed by atoms with Crippen LogP contribution in [0.4, 0.5) is 5.69 Å². The van der Waals surface area contributed by atoms with E-state index in [0.717, 1.165) is 21.7 Å². The largest absolute Gasteiger partial charge is 0.354 e. The van der Waals surface area contributed by atoms with E-state index in [4.69, 9.17) is 11.6 Å². The molecule has 9 heteroatoms. The second-order valence-electron chi connectivity index (χ2n) is 10.1. The number of rotatable bonds is 12. The van der Waals surface area contributed by atoms with Gasteiger partial charge in [0.2, 0.25) is 21.8 Å². The lowest BCUT2D eigenvalue weighted by Crippen LogP contribution is -2.53. The summed E-state index contributed by atoms with van der Waals surface area (Å²) in [5, 5.41) is 3.42. The first-order chi connectivity index (χ1) is 18.5. The van der Waals surface area contributed by atoms with Gasteiger partial charge in [0.1, 0.15) is 12.6 Å². The zero-order valence-electron chi connectivity index (χ0n) is 22.8. The van der Waals surface area contributed by atoms with E-state index in [1.807, 2.05) is 63.2 Å². The number of carbonyl (C=O) groups excluding carboxylic acids is 2. The van der Waals surface area contributed by atoms with Gasteiger partial charge in [-0.1, -0.05) is 86.1 Å². The Morgan fingerprint density at radius 1 is 0.949 bits per heavy atom. The van der Waals surface area contributed by atoms with Crippen molar-refractivity contribution in [3.05, 3.63) is 101 Å². The summed E-state index contributed by atoms with van der Waals surface area (Å²) < 4.78 is 26.8. The van der Waals surface area contributed by atoms with Crippen molar-refractivity contribution in [1.82, 2.24) is 10.2 Å². The Morgan fingerprint density at radius 3 is 2.23 bits per heavy atom. The fourth-order valence-electron chi connectivity index (χ4n) is 4.18. The normalized spacial score (nSPS) is 12.2. The molecule has 0 radical (unpaired) electrons. The highest BCUT2D eigenvalue weighted by atomic mass is 35.5. The van der Waals surface area contributed by atoms with Gasteiger partial charge in [-0.05, 0) is 47.7 Å². The lowest BCUT2D eigenvalue weighted by atomic mass is 10.0. The van der Waals surface area contributed by atoms with Crippen LogP contribution in [0.5, 0.6) is 0 Å². The van der Waals surface area contributed by atoms with Crippen molar-refractivity contribution in [2.75, 3.05) is 23.7 Å². The number of amides is 2. The number of benzene rings is 3. The summed E-state index contributed by atoms with van der Waals surface area (Å²) in [4.78, 5) is 29.1. The second-order valence-corrected chi connectivity index (χ2v) is 12.4. The molecule has 0 heterocycles. The summed E-state index contributed by atoms with van der Waals surface area (Å²) in [6, 6.07) is 22.6. The third-order valence-corrected chi connectivity index (χ3v) is 7.73. The molecule has 0 aliphatic carbocycles. The lowest BCUT2D eigenvalue weighted by molar-refractivity contribution is -0.140. The Labute approximate surface area is 236 Å². The van der Waals surface area contributed by atoms with Gasteiger partial charge >= 0.3 is 0 Å². The van der Waals surface area contributed by atoms with Crippen LogP contribution in [0.1, 0.15) is 30.5 Å². The molecule has 0 unspecified atom stereocenters. The molecule has 1 N–H and O–H groups in total. The third-order valence-electron chi connectivity index (χ3n) is 6.22. The molecule has 3 aromatic rings. The molecule has 208 valence electrons. The van der Waals surface area contributed by atoms with Crippen molar-refractivity contribution < 1.29 is 18.0 Å². The highest BCUT2D eigenvalue weighted by molar-refractivity contribution is 7.92. The summed E-state index contributed by atoms with van der Waals surface area (Å²) in [7, 11) is -3.81. The Balaban J connectivity index is 2.06. The predicted molar refractivity (Wildman–Crippen MR) is 157 cm³/mol. The third kappa shape index (κ3) is 8.83. The molecular weight excluding hydrogens is 534 g/mol. The number of carbonyl (C=O) groups is 2. The SMILES string of the molecule is Cc1cccc(N(CC(=O)N(Cc2ccccc2Cl)[C@@H](Cc2ccccc2)C(=O)NCC(C)C)S(C)(=O)=O)c1. The molecule has 0 saturated carbocycles. The van der Waals surface area contributed by atoms with Gasteiger partial charge in [0.25, 0.3) is 0 Å². The first-order valence-corrected chi connectivity index (χ1v) is 15.1.